The molecule has 5 heteroatoms. The Bertz CT molecular complexity index is 246. The lowest BCUT2D eigenvalue weighted by Crippen LogP contribution is -2.50. The minimum Gasteiger partial charge on any atom is -0.354 e. The summed E-state index contributed by atoms with van der Waals surface area (Å²) in [5.41, 5.74) is 0. The smallest absolute Gasteiger partial charge is 0.233 e. The van der Waals surface area contributed by atoms with Crippen LogP contribution in [0.25, 0.3) is 0 Å². The predicted octanol–water partition coefficient (Wildman–Crippen LogP) is 0.336. The van der Waals surface area contributed by atoms with Gasteiger partial charge in [0.15, 0.2) is 0 Å². The lowest BCUT2D eigenvalue weighted by Gasteiger charge is -2.25. The zero-order valence-electron chi connectivity index (χ0n) is 9.12. The third kappa shape index (κ3) is 3.74. The highest BCUT2D eigenvalue weighted by atomic mass is 32.1. The maximum absolute atomic E-state index is 11.6. The van der Waals surface area contributed by atoms with Crippen molar-refractivity contribution in [2.24, 2.45) is 5.92 Å². The number of hydrogen-bond acceptors (Lipinski definition) is 3. The van der Waals surface area contributed by atoms with Crippen molar-refractivity contribution in [2.45, 2.75) is 38.0 Å². The molecule has 0 bridgehead atoms. The van der Waals surface area contributed by atoms with Crippen LogP contribution in [0.4, 0.5) is 0 Å². The number of nitrogens with one attached hydrogen (secondary N) is 2. The van der Waals surface area contributed by atoms with Gasteiger partial charge in [-0.2, -0.15) is 12.6 Å². The van der Waals surface area contributed by atoms with Crippen LogP contribution in [0.15, 0.2) is 0 Å². The van der Waals surface area contributed by atoms with Crippen LogP contribution in [-0.2, 0) is 9.59 Å². The SMILES string of the molecule is CC(C)C(S)C(=O)NC1CCC(=O)NC1. The molecule has 0 aliphatic carbocycles. The summed E-state index contributed by atoms with van der Waals surface area (Å²) in [5.74, 6) is 0.229. The van der Waals surface area contributed by atoms with Crippen LogP contribution in [-0.4, -0.2) is 29.7 Å². The van der Waals surface area contributed by atoms with Crippen molar-refractivity contribution in [3.63, 3.8) is 0 Å². The van der Waals surface area contributed by atoms with Crippen molar-refractivity contribution >= 4 is 24.4 Å². The maximum atomic E-state index is 11.6. The summed E-state index contributed by atoms with van der Waals surface area (Å²) in [4.78, 5) is 22.5. The fraction of sp³-hybridized carbons (Fsp3) is 0.800. The van der Waals surface area contributed by atoms with Gasteiger partial charge in [-0.3, -0.25) is 9.59 Å². The molecule has 1 heterocycles. The van der Waals surface area contributed by atoms with Gasteiger partial charge < -0.3 is 10.6 Å². The van der Waals surface area contributed by atoms with Gasteiger partial charge in [-0.05, 0) is 12.3 Å². The number of thiol groups is 1. The Hall–Kier alpha value is -0.710. The molecule has 4 nitrogen and oxygen atoms in total. The fourth-order valence-electron chi connectivity index (χ4n) is 1.45. The molecule has 2 amide bonds. The number of hydrogen-bond donors (Lipinski definition) is 3. The number of carbonyl (C=O) groups is 2. The normalized spacial score (nSPS) is 23.5. The van der Waals surface area contributed by atoms with E-state index in [-0.39, 0.29) is 29.0 Å². The van der Waals surface area contributed by atoms with E-state index in [0.29, 0.717) is 13.0 Å². The average Bonchev–Trinajstić information content (AvgIpc) is 2.20. The molecule has 0 aromatic carbocycles. The summed E-state index contributed by atoms with van der Waals surface area (Å²) in [7, 11) is 0. The van der Waals surface area contributed by atoms with Crippen molar-refractivity contribution in [1.29, 1.82) is 0 Å². The Morgan fingerprint density at radius 3 is 2.73 bits per heavy atom. The van der Waals surface area contributed by atoms with Crippen LogP contribution >= 0.6 is 12.6 Å². The van der Waals surface area contributed by atoms with E-state index in [0.717, 1.165) is 6.42 Å². The van der Waals surface area contributed by atoms with E-state index in [1.165, 1.54) is 0 Å². The van der Waals surface area contributed by atoms with Gasteiger partial charge in [0, 0.05) is 19.0 Å². The van der Waals surface area contributed by atoms with Crippen molar-refractivity contribution in [1.82, 2.24) is 10.6 Å². The second-order valence-electron chi connectivity index (χ2n) is 4.24. The second kappa shape index (κ2) is 5.39. The molecule has 0 aromatic heterocycles. The number of piperidine rings is 1. The highest BCUT2D eigenvalue weighted by Gasteiger charge is 2.23. The first kappa shape index (κ1) is 12.4. The number of carbonyl (C=O) groups excluding carboxylic acids is 2. The van der Waals surface area contributed by atoms with Gasteiger partial charge >= 0.3 is 0 Å². The third-order valence-corrected chi connectivity index (χ3v) is 3.34. The highest BCUT2D eigenvalue weighted by Crippen LogP contribution is 2.10. The van der Waals surface area contributed by atoms with Crippen molar-refractivity contribution < 1.29 is 9.59 Å². The molecule has 0 spiro atoms. The minimum absolute atomic E-state index is 0.0468. The van der Waals surface area contributed by atoms with Crippen LogP contribution in [0.1, 0.15) is 26.7 Å². The lowest BCUT2D eigenvalue weighted by molar-refractivity contribution is -0.125. The van der Waals surface area contributed by atoms with Gasteiger partial charge in [0.2, 0.25) is 11.8 Å². The summed E-state index contributed by atoms with van der Waals surface area (Å²) >= 11 is 4.24. The quantitative estimate of drug-likeness (QED) is 0.612. The molecule has 2 atom stereocenters. The molecule has 0 saturated carbocycles. The third-order valence-electron chi connectivity index (χ3n) is 2.51. The monoisotopic (exact) mass is 230 g/mol. The van der Waals surface area contributed by atoms with Crippen molar-refractivity contribution in [2.75, 3.05) is 6.54 Å². The van der Waals surface area contributed by atoms with E-state index in [2.05, 4.69) is 23.3 Å². The molecule has 1 rings (SSSR count). The van der Waals surface area contributed by atoms with Crippen LogP contribution in [0.2, 0.25) is 0 Å². The van der Waals surface area contributed by atoms with Gasteiger partial charge in [0.1, 0.15) is 0 Å². The van der Waals surface area contributed by atoms with Crippen molar-refractivity contribution in [3.8, 4) is 0 Å². The van der Waals surface area contributed by atoms with Gasteiger partial charge in [-0.15, -0.1) is 0 Å². The molecule has 1 aliphatic heterocycles. The zero-order valence-corrected chi connectivity index (χ0v) is 10.0. The van der Waals surface area contributed by atoms with Crippen molar-refractivity contribution in [3.05, 3.63) is 0 Å². The Morgan fingerprint density at radius 1 is 1.60 bits per heavy atom. The van der Waals surface area contributed by atoms with E-state index in [4.69, 9.17) is 0 Å². The first-order chi connectivity index (χ1) is 7.00. The molecular weight excluding hydrogens is 212 g/mol. The average molecular weight is 230 g/mol. The largest absolute Gasteiger partial charge is 0.354 e. The highest BCUT2D eigenvalue weighted by molar-refractivity contribution is 7.81. The molecule has 0 radical (unpaired) electrons. The lowest BCUT2D eigenvalue weighted by atomic mass is 10.1. The van der Waals surface area contributed by atoms with E-state index in [1.807, 2.05) is 13.8 Å². The van der Waals surface area contributed by atoms with Crippen LogP contribution in [0, 0.1) is 5.92 Å². The molecule has 2 N–H and O–H groups in total. The molecule has 2 unspecified atom stereocenters. The fourth-order valence-corrected chi connectivity index (χ4v) is 1.52. The van der Waals surface area contributed by atoms with Gasteiger partial charge in [0.25, 0.3) is 0 Å². The predicted molar refractivity (Wildman–Crippen MR) is 61.8 cm³/mol. The van der Waals surface area contributed by atoms with Gasteiger partial charge in [-0.1, -0.05) is 13.8 Å². The Kier molecular flexibility index (Phi) is 4.45. The van der Waals surface area contributed by atoms with Gasteiger partial charge in [-0.25, -0.2) is 0 Å². The first-order valence-corrected chi connectivity index (χ1v) is 5.77. The maximum Gasteiger partial charge on any atom is 0.233 e. The number of amides is 2. The molecule has 1 aliphatic rings. The zero-order chi connectivity index (χ0) is 11.4. The molecule has 1 saturated heterocycles. The van der Waals surface area contributed by atoms with Crippen LogP contribution in [0.3, 0.4) is 0 Å². The topological polar surface area (TPSA) is 58.2 Å². The van der Waals surface area contributed by atoms with E-state index in [9.17, 15) is 9.59 Å². The molecular formula is C10H18N2O2S. The van der Waals surface area contributed by atoms with E-state index in [1.54, 1.807) is 0 Å². The first-order valence-electron chi connectivity index (χ1n) is 5.26. The summed E-state index contributed by atoms with van der Waals surface area (Å²) in [6.45, 7) is 4.45. The Morgan fingerprint density at radius 2 is 2.27 bits per heavy atom. The minimum atomic E-state index is -0.275. The second-order valence-corrected chi connectivity index (χ2v) is 4.79. The molecule has 1 fully saturated rings. The summed E-state index contributed by atoms with van der Waals surface area (Å²) in [5, 5.41) is 5.34. The van der Waals surface area contributed by atoms with Gasteiger partial charge in [0.05, 0.1) is 5.25 Å². The van der Waals surface area contributed by atoms with E-state index >= 15 is 0 Å². The Labute approximate surface area is 95.6 Å². The van der Waals surface area contributed by atoms with Crippen LogP contribution < -0.4 is 10.6 Å². The van der Waals surface area contributed by atoms with E-state index < -0.39 is 0 Å². The summed E-state index contributed by atoms with van der Waals surface area (Å²) < 4.78 is 0. The number of rotatable bonds is 3. The molecule has 15 heavy (non-hydrogen) atoms. The standard InChI is InChI=1S/C10H18N2O2S/c1-6(2)9(15)10(14)12-7-3-4-8(13)11-5-7/h6-7,9,15H,3-5H2,1-2H3,(H,11,13)(H,12,14). The molecule has 0 aromatic rings. The molecule has 86 valence electrons. The Balaban J connectivity index is 2.35. The summed E-state index contributed by atoms with van der Waals surface area (Å²) in [6.07, 6.45) is 1.21. The van der Waals surface area contributed by atoms with Crippen LogP contribution in [0.5, 0.6) is 0 Å². The summed E-state index contributed by atoms with van der Waals surface area (Å²) in [6, 6.07) is 0.0589.